The van der Waals surface area contributed by atoms with E-state index in [1.54, 1.807) is 0 Å². The summed E-state index contributed by atoms with van der Waals surface area (Å²) in [6, 6.07) is 0. The number of imidazole rings is 1. The van der Waals surface area contributed by atoms with E-state index in [0.29, 0.717) is 5.15 Å². The monoisotopic (exact) mass is 187 g/mol. The molecule has 4 heteroatoms. The van der Waals surface area contributed by atoms with Gasteiger partial charge in [-0.2, -0.15) is 0 Å². The maximum Gasteiger partial charge on any atom is 0.150 e. The van der Waals surface area contributed by atoms with Crippen molar-refractivity contribution in [3.63, 3.8) is 0 Å². The third-order valence-electron chi connectivity index (χ3n) is 1.74. The molecule has 3 nitrogen and oxygen atoms in total. The standard InChI is InChI=1S/C8H14ClN3/c1-3-6-8(9)12-7(11-6)4-5-10-2/h10H,3-5H2,1-2H3,(H,11,12). The molecule has 0 radical (unpaired) electrons. The van der Waals surface area contributed by atoms with Crippen molar-refractivity contribution in [3.8, 4) is 0 Å². The fourth-order valence-corrected chi connectivity index (χ4v) is 1.32. The van der Waals surface area contributed by atoms with Crippen molar-refractivity contribution in [2.24, 2.45) is 0 Å². The summed E-state index contributed by atoms with van der Waals surface area (Å²) in [5.41, 5.74) is 1.03. The molecule has 0 bridgehead atoms. The minimum atomic E-state index is 0.614. The van der Waals surface area contributed by atoms with Gasteiger partial charge in [-0.05, 0) is 13.5 Å². The molecule has 1 rings (SSSR count). The van der Waals surface area contributed by atoms with Crippen LogP contribution in [0.1, 0.15) is 18.4 Å². The SMILES string of the molecule is CCc1[nH]c(CCNC)nc1Cl. The average Bonchev–Trinajstić information content (AvgIpc) is 2.43. The molecule has 0 aliphatic heterocycles. The van der Waals surface area contributed by atoms with Crippen molar-refractivity contribution >= 4 is 11.6 Å². The minimum absolute atomic E-state index is 0.614. The molecular weight excluding hydrogens is 174 g/mol. The summed E-state index contributed by atoms with van der Waals surface area (Å²) in [6.07, 6.45) is 1.81. The number of nitrogens with one attached hydrogen (secondary N) is 2. The van der Waals surface area contributed by atoms with Crippen molar-refractivity contribution in [1.29, 1.82) is 0 Å². The van der Waals surface area contributed by atoms with Crippen LogP contribution in [-0.2, 0) is 12.8 Å². The van der Waals surface area contributed by atoms with Gasteiger partial charge in [-0.1, -0.05) is 18.5 Å². The highest BCUT2D eigenvalue weighted by Crippen LogP contribution is 2.12. The van der Waals surface area contributed by atoms with Crippen LogP contribution in [0.4, 0.5) is 0 Å². The van der Waals surface area contributed by atoms with Crippen molar-refractivity contribution in [1.82, 2.24) is 15.3 Å². The Balaban J connectivity index is 2.62. The molecule has 0 aromatic carbocycles. The Morgan fingerprint density at radius 2 is 2.33 bits per heavy atom. The van der Waals surface area contributed by atoms with E-state index in [0.717, 1.165) is 30.9 Å². The molecule has 0 aliphatic carbocycles. The Kier molecular flexibility index (Phi) is 3.56. The highest BCUT2D eigenvalue weighted by Gasteiger charge is 2.04. The Bertz CT molecular complexity index is 244. The molecule has 1 aromatic heterocycles. The summed E-state index contributed by atoms with van der Waals surface area (Å²) in [7, 11) is 1.92. The van der Waals surface area contributed by atoms with Crippen LogP contribution >= 0.6 is 11.6 Å². The number of nitrogens with zero attached hydrogens (tertiary/aromatic N) is 1. The van der Waals surface area contributed by atoms with Gasteiger partial charge in [0.2, 0.25) is 0 Å². The van der Waals surface area contributed by atoms with Gasteiger partial charge in [-0.25, -0.2) is 4.98 Å². The van der Waals surface area contributed by atoms with E-state index in [4.69, 9.17) is 11.6 Å². The number of hydrogen-bond donors (Lipinski definition) is 2. The number of rotatable bonds is 4. The lowest BCUT2D eigenvalue weighted by molar-refractivity contribution is 0.762. The van der Waals surface area contributed by atoms with Gasteiger partial charge in [0.25, 0.3) is 0 Å². The highest BCUT2D eigenvalue weighted by atomic mass is 35.5. The Morgan fingerprint density at radius 3 is 2.83 bits per heavy atom. The number of H-pyrrole nitrogens is 1. The fraction of sp³-hybridized carbons (Fsp3) is 0.625. The molecular formula is C8H14ClN3. The first kappa shape index (κ1) is 9.55. The number of aromatic amines is 1. The quantitative estimate of drug-likeness (QED) is 0.748. The lowest BCUT2D eigenvalue weighted by Gasteiger charge is -1.93. The Hall–Kier alpha value is -0.540. The smallest absolute Gasteiger partial charge is 0.150 e. The van der Waals surface area contributed by atoms with Crippen molar-refractivity contribution in [2.45, 2.75) is 19.8 Å². The second-order valence-electron chi connectivity index (χ2n) is 2.66. The zero-order chi connectivity index (χ0) is 8.97. The molecule has 2 N–H and O–H groups in total. The van der Waals surface area contributed by atoms with Crippen LogP contribution in [-0.4, -0.2) is 23.6 Å². The molecule has 68 valence electrons. The van der Waals surface area contributed by atoms with Gasteiger partial charge in [0.15, 0.2) is 0 Å². The molecule has 0 saturated carbocycles. The lowest BCUT2D eigenvalue weighted by atomic mass is 10.4. The predicted molar refractivity (Wildman–Crippen MR) is 50.6 cm³/mol. The fourth-order valence-electron chi connectivity index (χ4n) is 1.04. The van der Waals surface area contributed by atoms with Crippen LogP contribution in [0.2, 0.25) is 5.15 Å². The highest BCUT2D eigenvalue weighted by molar-refractivity contribution is 6.30. The third-order valence-corrected chi connectivity index (χ3v) is 2.06. The average molecular weight is 188 g/mol. The molecule has 12 heavy (non-hydrogen) atoms. The molecule has 0 aliphatic rings. The van der Waals surface area contributed by atoms with Crippen LogP contribution in [0.25, 0.3) is 0 Å². The van der Waals surface area contributed by atoms with Gasteiger partial charge in [0.05, 0.1) is 5.69 Å². The lowest BCUT2D eigenvalue weighted by Crippen LogP contribution is -2.11. The summed E-state index contributed by atoms with van der Waals surface area (Å²) < 4.78 is 0. The van der Waals surface area contributed by atoms with Crippen LogP contribution in [0.3, 0.4) is 0 Å². The second-order valence-corrected chi connectivity index (χ2v) is 3.02. The van der Waals surface area contributed by atoms with Gasteiger partial charge < -0.3 is 10.3 Å². The van der Waals surface area contributed by atoms with Crippen molar-refractivity contribution in [2.75, 3.05) is 13.6 Å². The molecule has 1 aromatic rings. The first-order valence-electron chi connectivity index (χ1n) is 4.15. The number of hydrogen-bond acceptors (Lipinski definition) is 2. The number of aryl methyl sites for hydroxylation is 1. The van der Waals surface area contributed by atoms with Crippen LogP contribution < -0.4 is 5.32 Å². The van der Waals surface area contributed by atoms with Gasteiger partial charge in [-0.3, -0.25) is 0 Å². The van der Waals surface area contributed by atoms with Gasteiger partial charge in [-0.15, -0.1) is 0 Å². The Labute approximate surface area is 77.5 Å². The minimum Gasteiger partial charge on any atom is -0.345 e. The molecule has 0 amide bonds. The third kappa shape index (κ3) is 2.22. The van der Waals surface area contributed by atoms with E-state index in [2.05, 4.69) is 22.2 Å². The van der Waals surface area contributed by atoms with Crippen molar-refractivity contribution in [3.05, 3.63) is 16.7 Å². The van der Waals surface area contributed by atoms with Crippen LogP contribution in [0.15, 0.2) is 0 Å². The van der Waals surface area contributed by atoms with Gasteiger partial charge in [0.1, 0.15) is 11.0 Å². The van der Waals surface area contributed by atoms with Gasteiger partial charge in [0, 0.05) is 13.0 Å². The van der Waals surface area contributed by atoms with Crippen molar-refractivity contribution < 1.29 is 0 Å². The van der Waals surface area contributed by atoms with Crippen LogP contribution in [0, 0.1) is 0 Å². The van der Waals surface area contributed by atoms with E-state index >= 15 is 0 Å². The summed E-state index contributed by atoms with van der Waals surface area (Å²) in [6.45, 7) is 2.98. The maximum absolute atomic E-state index is 5.86. The summed E-state index contributed by atoms with van der Waals surface area (Å²) in [5.74, 6) is 0.964. The normalized spacial score (nSPS) is 10.6. The first-order valence-corrected chi connectivity index (χ1v) is 4.53. The molecule has 0 atom stereocenters. The van der Waals surface area contributed by atoms with E-state index in [1.165, 1.54) is 0 Å². The number of likely N-dealkylation sites (N-methyl/N-ethyl adjacent to an activating group) is 1. The molecule has 1 heterocycles. The van der Waals surface area contributed by atoms with E-state index < -0.39 is 0 Å². The Morgan fingerprint density at radius 1 is 1.58 bits per heavy atom. The number of aromatic nitrogens is 2. The van der Waals surface area contributed by atoms with Gasteiger partial charge >= 0.3 is 0 Å². The molecule has 0 saturated heterocycles. The van der Waals surface area contributed by atoms with E-state index in [-0.39, 0.29) is 0 Å². The summed E-state index contributed by atoms with van der Waals surface area (Å²) in [5, 5.41) is 3.67. The molecule has 0 unspecified atom stereocenters. The molecule has 0 fully saturated rings. The summed E-state index contributed by atoms with van der Waals surface area (Å²) in [4.78, 5) is 7.37. The predicted octanol–water partition coefficient (Wildman–Crippen LogP) is 1.39. The number of halogens is 1. The van der Waals surface area contributed by atoms with Crippen LogP contribution in [0.5, 0.6) is 0 Å². The molecule has 0 spiro atoms. The topological polar surface area (TPSA) is 40.7 Å². The second kappa shape index (κ2) is 4.48. The van der Waals surface area contributed by atoms with E-state index in [9.17, 15) is 0 Å². The zero-order valence-corrected chi connectivity index (χ0v) is 8.20. The van der Waals surface area contributed by atoms with E-state index in [1.807, 2.05) is 7.05 Å². The summed E-state index contributed by atoms with van der Waals surface area (Å²) >= 11 is 5.86. The maximum atomic E-state index is 5.86. The zero-order valence-electron chi connectivity index (χ0n) is 7.45. The largest absolute Gasteiger partial charge is 0.345 e. The first-order chi connectivity index (χ1) is 5.77.